The first-order chi connectivity index (χ1) is 13.1. The first-order valence-corrected chi connectivity index (χ1v) is 9.11. The topological polar surface area (TPSA) is 60.9 Å². The number of aryl methyl sites for hydroxylation is 1. The van der Waals surface area contributed by atoms with Crippen molar-refractivity contribution in [3.63, 3.8) is 0 Å². The highest BCUT2D eigenvalue weighted by atomic mass is 32.2. The van der Waals surface area contributed by atoms with Crippen LogP contribution in [0.2, 0.25) is 0 Å². The third-order valence-corrected chi connectivity index (χ3v) is 4.85. The van der Waals surface area contributed by atoms with Crippen molar-refractivity contribution in [2.45, 2.75) is 31.8 Å². The van der Waals surface area contributed by atoms with E-state index in [1.54, 1.807) is 0 Å². The second-order valence-corrected chi connectivity index (χ2v) is 7.00. The lowest BCUT2D eigenvalue weighted by Gasteiger charge is -2.12. The molecule has 0 fully saturated rings. The largest absolute Gasteiger partial charge is 0.411 e. The molecule has 0 atom stereocenters. The minimum atomic E-state index is -4.37. The van der Waals surface area contributed by atoms with Crippen LogP contribution in [0.25, 0.3) is 11.5 Å². The van der Waals surface area contributed by atoms with Gasteiger partial charge in [0.25, 0.3) is 5.22 Å². The van der Waals surface area contributed by atoms with Gasteiger partial charge in [-0.25, -0.2) is 4.39 Å². The number of ketones is 1. The molecule has 0 N–H and O–H groups in total. The Balaban J connectivity index is 1.68. The molecule has 28 heavy (non-hydrogen) atoms. The first-order valence-electron chi connectivity index (χ1n) is 8.13. The van der Waals surface area contributed by atoms with Gasteiger partial charge < -0.3 is 8.98 Å². The molecule has 0 bridgehead atoms. The Morgan fingerprint density at radius 2 is 1.86 bits per heavy atom. The molecule has 5 nitrogen and oxygen atoms in total. The van der Waals surface area contributed by atoms with Gasteiger partial charge in [0.05, 0.1) is 5.75 Å². The van der Waals surface area contributed by atoms with Crippen molar-refractivity contribution in [1.82, 2.24) is 14.8 Å². The van der Waals surface area contributed by atoms with Gasteiger partial charge >= 0.3 is 6.18 Å². The third kappa shape index (κ3) is 4.61. The Labute approximate surface area is 161 Å². The van der Waals surface area contributed by atoms with Crippen molar-refractivity contribution >= 4 is 17.5 Å². The zero-order valence-corrected chi connectivity index (χ0v) is 15.7. The Morgan fingerprint density at radius 1 is 1.18 bits per heavy atom. The fourth-order valence-corrected chi connectivity index (χ4v) is 3.33. The molecule has 10 heteroatoms. The molecule has 0 radical (unpaired) electrons. The number of hydrogen-bond donors (Lipinski definition) is 0. The molecular formula is C18H15F4N3O2S. The standard InChI is InChI=1S/C18H15F4N3O2S/c1-10-7-14(11(2)25(10)9-18(20,21)22)15(26)8-28-17-24-23-16(27-17)12-3-5-13(19)6-4-12/h3-7H,8-9H2,1-2H3. The Kier molecular flexibility index (Phi) is 5.59. The molecule has 0 unspecified atom stereocenters. The van der Waals surface area contributed by atoms with Crippen molar-refractivity contribution < 1.29 is 26.8 Å². The van der Waals surface area contributed by atoms with Crippen molar-refractivity contribution in [1.29, 1.82) is 0 Å². The SMILES string of the molecule is Cc1cc(C(=O)CSc2nnc(-c3ccc(F)cc3)o2)c(C)n1CC(F)(F)F. The molecule has 0 aliphatic rings. The summed E-state index contributed by atoms with van der Waals surface area (Å²) < 4.78 is 57.5. The third-order valence-electron chi connectivity index (χ3n) is 4.04. The van der Waals surface area contributed by atoms with Crippen LogP contribution in [0.3, 0.4) is 0 Å². The Morgan fingerprint density at radius 3 is 2.50 bits per heavy atom. The van der Waals surface area contributed by atoms with E-state index in [0.29, 0.717) is 11.3 Å². The number of carbonyl (C=O) groups is 1. The molecule has 148 valence electrons. The van der Waals surface area contributed by atoms with E-state index in [0.717, 1.165) is 16.3 Å². The number of carbonyl (C=O) groups excluding carboxylic acids is 1. The van der Waals surface area contributed by atoms with Gasteiger partial charge in [0.2, 0.25) is 5.89 Å². The lowest BCUT2D eigenvalue weighted by atomic mass is 10.2. The minimum Gasteiger partial charge on any atom is -0.411 e. The van der Waals surface area contributed by atoms with E-state index in [1.807, 2.05) is 0 Å². The summed E-state index contributed by atoms with van der Waals surface area (Å²) in [7, 11) is 0. The predicted octanol–water partition coefficient (Wildman–Crippen LogP) is 4.83. The van der Waals surface area contributed by atoms with Crippen molar-refractivity contribution in [3.05, 3.63) is 53.1 Å². The highest BCUT2D eigenvalue weighted by Gasteiger charge is 2.30. The number of nitrogens with zero attached hydrogens (tertiary/aromatic N) is 3. The summed E-state index contributed by atoms with van der Waals surface area (Å²) in [6, 6.07) is 6.93. The molecule has 1 aromatic carbocycles. The zero-order chi connectivity index (χ0) is 20.5. The van der Waals surface area contributed by atoms with Gasteiger partial charge in [-0.2, -0.15) is 13.2 Å². The summed E-state index contributed by atoms with van der Waals surface area (Å²) in [5.41, 5.74) is 1.38. The highest BCUT2D eigenvalue weighted by molar-refractivity contribution is 7.99. The molecule has 0 saturated carbocycles. The van der Waals surface area contributed by atoms with E-state index >= 15 is 0 Å². The van der Waals surface area contributed by atoms with Gasteiger partial charge in [-0.3, -0.25) is 4.79 Å². The number of halogens is 4. The maximum absolute atomic E-state index is 13.0. The fraction of sp³-hybridized carbons (Fsp3) is 0.278. The van der Waals surface area contributed by atoms with E-state index in [1.165, 1.54) is 44.2 Å². The highest BCUT2D eigenvalue weighted by Crippen LogP contribution is 2.26. The average molecular weight is 413 g/mol. The lowest BCUT2D eigenvalue weighted by Crippen LogP contribution is -2.19. The lowest BCUT2D eigenvalue weighted by molar-refractivity contribution is -0.141. The quantitative estimate of drug-likeness (QED) is 0.329. The maximum Gasteiger partial charge on any atom is 0.406 e. The summed E-state index contributed by atoms with van der Waals surface area (Å²) in [6.45, 7) is 1.86. The molecule has 0 aliphatic heterocycles. The number of Topliss-reactive ketones (excluding diaryl/α,β-unsaturated/α-hetero) is 1. The zero-order valence-electron chi connectivity index (χ0n) is 14.9. The molecule has 0 saturated heterocycles. The number of alkyl halides is 3. The average Bonchev–Trinajstić information content (AvgIpc) is 3.19. The van der Waals surface area contributed by atoms with Crippen LogP contribution in [0.1, 0.15) is 21.7 Å². The minimum absolute atomic E-state index is 0.0681. The van der Waals surface area contributed by atoms with Crippen molar-refractivity contribution in [3.8, 4) is 11.5 Å². The molecule has 0 amide bonds. The normalized spacial score (nSPS) is 11.8. The van der Waals surface area contributed by atoms with Crippen LogP contribution in [0, 0.1) is 19.7 Å². The summed E-state index contributed by atoms with van der Waals surface area (Å²) in [4.78, 5) is 12.4. The van der Waals surface area contributed by atoms with E-state index in [9.17, 15) is 22.4 Å². The second-order valence-electron chi connectivity index (χ2n) is 6.08. The van der Waals surface area contributed by atoms with Crippen LogP contribution < -0.4 is 0 Å². The summed E-state index contributed by atoms with van der Waals surface area (Å²) in [5.74, 6) is -0.626. The van der Waals surface area contributed by atoms with Gasteiger partial charge in [-0.05, 0) is 44.2 Å². The van der Waals surface area contributed by atoms with E-state index < -0.39 is 18.5 Å². The van der Waals surface area contributed by atoms with Crippen LogP contribution in [0.15, 0.2) is 40.0 Å². The summed E-state index contributed by atoms with van der Waals surface area (Å²) in [5, 5.41) is 7.80. The molecular weight excluding hydrogens is 398 g/mol. The summed E-state index contributed by atoms with van der Waals surface area (Å²) >= 11 is 0.984. The fourth-order valence-electron chi connectivity index (χ4n) is 2.69. The van der Waals surface area contributed by atoms with Gasteiger partial charge in [0.15, 0.2) is 5.78 Å². The van der Waals surface area contributed by atoms with Gasteiger partial charge in [-0.15, -0.1) is 10.2 Å². The van der Waals surface area contributed by atoms with Crippen LogP contribution in [-0.4, -0.2) is 32.5 Å². The van der Waals surface area contributed by atoms with E-state index in [4.69, 9.17) is 4.42 Å². The Hall–Kier alpha value is -2.62. The van der Waals surface area contributed by atoms with Gasteiger partial charge in [-0.1, -0.05) is 11.8 Å². The number of hydrogen-bond acceptors (Lipinski definition) is 5. The predicted molar refractivity (Wildman–Crippen MR) is 94.7 cm³/mol. The summed E-state index contributed by atoms with van der Waals surface area (Å²) in [6.07, 6.45) is -4.37. The Bertz CT molecular complexity index is 993. The number of rotatable bonds is 6. The number of aromatic nitrogens is 3. The maximum atomic E-state index is 13.0. The van der Waals surface area contributed by atoms with Crippen LogP contribution in [-0.2, 0) is 6.54 Å². The number of thioether (sulfide) groups is 1. The van der Waals surface area contributed by atoms with E-state index in [-0.39, 0.29) is 33.9 Å². The second kappa shape index (κ2) is 7.78. The van der Waals surface area contributed by atoms with Crippen LogP contribution in [0.5, 0.6) is 0 Å². The van der Waals surface area contributed by atoms with Gasteiger partial charge in [0.1, 0.15) is 12.4 Å². The monoisotopic (exact) mass is 413 g/mol. The first kappa shape index (κ1) is 20.1. The number of benzene rings is 1. The smallest absolute Gasteiger partial charge is 0.406 e. The van der Waals surface area contributed by atoms with Crippen LogP contribution >= 0.6 is 11.8 Å². The molecule has 0 spiro atoms. The molecule has 2 aromatic heterocycles. The van der Waals surface area contributed by atoms with Gasteiger partial charge in [0, 0.05) is 22.5 Å². The molecule has 3 rings (SSSR count). The molecule has 2 heterocycles. The van der Waals surface area contributed by atoms with E-state index in [2.05, 4.69) is 10.2 Å². The molecule has 3 aromatic rings. The van der Waals surface area contributed by atoms with Crippen LogP contribution in [0.4, 0.5) is 17.6 Å². The van der Waals surface area contributed by atoms with Crippen molar-refractivity contribution in [2.24, 2.45) is 0 Å². The van der Waals surface area contributed by atoms with Crippen molar-refractivity contribution in [2.75, 3.05) is 5.75 Å². The molecule has 0 aliphatic carbocycles.